The van der Waals surface area contributed by atoms with Gasteiger partial charge in [0.2, 0.25) is 5.91 Å². The predicted molar refractivity (Wildman–Crippen MR) is 86.0 cm³/mol. The van der Waals surface area contributed by atoms with Crippen molar-refractivity contribution < 1.29 is 4.79 Å². The molecule has 0 aliphatic carbocycles. The monoisotopic (exact) mass is 359 g/mol. The normalized spacial score (nSPS) is 23.6. The van der Waals surface area contributed by atoms with Crippen molar-refractivity contribution in [2.45, 2.75) is 19.4 Å². The Bertz CT molecular complexity index is 497. The molecule has 1 amide bonds. The van der Waals surface area contributed by atoms with E-state index in [2.05, 4.69) is 33.1 Å². The summed E-state index contributed by atoms with van der Waals surface area (Å²) < 4.78 is 0.888. The Morgan fingerprint density at radius 1 is 1.60 bits per heavy atom. The number of nitrogens with zero attached hydrogens (tertiary/aromatic N) is 1. The molecule has 1 aromatic carbocycles. The van der Waals surface area contributed by atoms with Crippen LogP contribution in [0.25, 0.3) is 0 Å². The second-order valence-corrected chi connectivity index (χ2v) is 6.66. The number of rotatable bonds is 3. The molecular weight excluding hydrogens is 342 g/mol. The maximum absolute atomic E-state index is 12.1. The molecule has 1 aliphatic rings. The molecule has 1 heterocycles. The van der Waals surface area contributed by atoms with Crippen LogP contribution in [0, 0.1) is 5.92 Å². The number of hydrogen-bond donors (Lipinski definition) is 2. The summed E-state index contributed by atoms with van der Waals surface area (Å²) >= 11 is 9.42. The van der Waals surface area contributed by atoms with E-state index >= 15 is 0 Å². The van der Waals surface area contributed by atoms with E-state index in [1.54, 1.807) is 12.1 Å². The van der Waals surface area contributed by atoms with Gasteiger partial charge in [0.15, 0.2) is 0 Å². The van der Waals surface area contributed by atoms with Gasteiger partial charge < -0.3 is 11.1 Å². The second-order valence-electron chi connectivity index (χ2n) is 5.34. The number of hydrogen-bond acceptors (Lipinski definition) is 3. The highest BCUT2D eigenvalue weighted by atomic mass is 79.9. The van der Waals surface area contributed by atoms with Gasteiger partial charge in [0.1, 0.15) is 0 Å². The van der Waals surface area contributed by atoms with Crippen molar-refractivity contribution in [1.29, 1.82) is 0 Å². The van der Waals surface area contributed by atoms with Crippen molar-refractivity contribution in [1.82, 2.24) is 4.90 Å². The van der Waals surface area contributed by atoms with Crippen LogP contribution < -0.4 is 11.1 Å². The molecule has 1 aliphatic heterocycles. The maximum Gasteiger partial charge on any atom is 0.238 e. The molecular formula is C14H19BrClN3O. The second kappa shape index (κ2) is 6.89. The Balaban J connectivity index is 1.89. The van der Waals surface area contributed by atoms with Crippen LogP contribution in [0.1, 0.15) is 13.3 Å². The number of nitrogens with two attached hydrogens (primary N) is 1. The number of likely N-dealkylation sites (tertiary alicyclic amines) is 1. The van der Waals surface area contributed by atoms with Gasteiger partial charge in [0.05, 0.1) is 17.3 Å². The lowest BCUT2D eigenvalue weighted by atomic mass is 9.95. The summed E-state index contributed by atoms with van der Waals surface area (Å²) in [7, 11) is 0. The van der Waals surface area contributed by atoms with Gasteiger partial charge in [0, 0.05) is 23.6 Å². The third kappa shape index (κ3) is 4.19. The lowest BCUT2D eigenvalue weighted by molar-refractivity contribution is -0.117. The number of benzene rings is 1. The summed E-state index contributed by atoms with van der Waals surface area (Å²) in [5.74, 6) is 0.379. The number of piperidine rings is 1. The molecule has 110 valence electrons. The zero-order valence-corrected chi connectivity index (χ0v) is 13.7. The molecule has 2 rings (SSSR count). The maximum atomic E-state index is 12.1. The molecule has 2 atom stereocenters. The molecule has 3 N–H and O–H groups in total. The number of anilines is 1. The van der Waals surface area contributed by atoms with Crippen LogP contribution in [0.15, 0.2) is 22.7 Å². The molecule has 1 fully saturated rings. The van der Waals surface area contributed by atoms with Crippen LogP contribution in [0.3, 0.4) is 0 Å². The van der Waals surface area contributed by atoms with E-state index in [4.69, 9.17) is 17.3 Å². The molecule has 0 saturated carbocycles. The molecule has 0 aromatic heterocycles. The van der Waals surface area contributed by atoms with Crippen molar-refractivity contribution in [3.8, 4) is 0 Å². The lowest BCUT2D eigenvalue weighted by Crippen LogP contribution is -2.48. The SMILES string of the molecule is CC1CN(CC(=O)Nc2ccc(Br)cc2Cl)CCC1N. The minimum absolute atomic E-state index is 0.0445. The molecule has 1 saturated heterocycles. The summed E-state index contributed by atoms with van der Waals surface area (Å²) in [5.41, 5.74) is 6.62. The molecule has 0 radical (unpaired) electrons. The fourth-order valence-corrected chi connectivity index (χ4v) is 3.10. The number of halogens is 2. The van der Waals surface area contributed by atoms with Crippen LogP contribution in [0.2, 0.25) is 5.02 Å². The van der Waals surface area contributed by atoms with E-state index in [1.165, 1.54) is 0 Å². The smallest absolute Gasteiger partial charge is 0.238 e. The van der Waals surface area contributed by atoms with Crippen molar-refractivity contribution in [2.24, 2.45) is 11.7 Å². The number of carbonyl (C=O) groups excluding carboxylic acids is 1. The molecule has 0 bridgehead atoms. The summed E-state index contributed by atoms with van der Waals surface area (Å²) in [4.78, 5) is 14.2. The molecule has 4 nitrogen and oxygen atoms in total. The van der Waals surface area contributed by atoms with Gasteiger partial charge in [-0.3, -0.25) is 9.69 Å². The Kier molecular flexibility index (Phi) is 5.43. The minimum atomic E-state index is -0.0445. The predicted octanol–water partition coefficient (Wildman–Crippen LogP) is 2.71. The van der Waals surface area contributed by atoms with Crippen LogP contribution in [-0.2, 0) is 4.79 Å². The van der Waals surface area contributed by atoms with Crippen molar-refractivity contribution in [2.75, 3.05) is 25.0 Å². The average Bonchev–Trinajstić information content (AvgIpc) is 2.37. The first-order valence-electron chi connectivity index (χ1n) is 6.68. The van der Waals surface area contributed by atoms with Gasteiger partial charge >= 0.3 is 0 Å². The standard InChI is InChI=1S/C14H19BrClN3O/c1-9-7-19(5-4-12(9)17)8-14(20)18-13-3-2-10(15)6-11(13)16/h2-3,6,9,12H,4-5,7-8,17H2,1H3,(H,18,20). The zero-order valence-electron chi connectivity index (χ0n) is 11.4. The highest BCUT2D eigenvalue weighted by Crippen LogP contribution is 2.25. The zero-order chi connectivity index (χ0) is 14.7. The Morgan fingerprint density at radius 2 is 2.35 bits per heavy atom. The van der Waals surface area contributed by atoms with Gasteiger partial charge in [-0.25, -0.2) is 0 Å². The quantitative estimate of drug-likeness (QED) is 0.871. The fourth-order valence-electron chi connectivity index (χ4n) is 2.38. The number of carbonyl (C=O) groups is 1. The topological polar surface area (TPSA) is 58.4 Å². The molecule has 0 spiro atoms. The van der Waals surface area contributed by atoms with Crippen molar-refractivity contribution in [3.63, 3.8) is 0 Å². The molecule has 20 heavy (non-hydrogen) atoms. The lowest BCUT2D eigenvalue weighted by Gasteiger charge is -2.34. The Hall–Kier alpha value is -0.620. The highest BCUT2D eigenvalue weighted by molar-refractivity contribution is 9.10. The molecule has 1 aromatic rings. The third-order valence-electron chi connectivity index (χ3n) is 3.63. The Morgan fingerprint density at radius 3 is 3.00 bits per heavy atom. The third-order valence-corrected chi connectivity index (χ3v) is 4.43. The number of nitrogens with one attached hydrogen (secondary N) is 1. The van der Waals surface area contributed by atoms with Gasteiger partial charge in [-0.1, -0.05) is 34.5 Å². The van der Waals surface area contributed by atoms with E-state index in [0.717, 1.165) is 24.0 Å². The van der Waals surface area contributed by atoms with E-state index < -0.39 is 0 Å². The molecule has 6 heteroatoms. The van der Waals surface area contributed by atoms with E-state index in [0.29, 0.717) is 23.2 Å². The van der Waals surface area contributed by atoms with Gasteiger partial charge in [-0.05, 0) is 30.5 Å². The minimum Gasteiger partial charge on any atom is -0.327 e. The Labute approximate surface area is 132 Å². The summed E-state index contributed by atoms with van der Waals surface area (Å²) in [6.07, 6.45) is 0.938. The fraction of sp³-hybridized carbons (Fsp3) is 0.500. The summed E-state index contributed by atoms with van der Waals surface area (Å²) in [5, 5.41) is 3.38. The van der Waals surface area contributed by atoms with Gasteiger partial charge in [-0.15, -0.1) is 0 Å². The van der Waals surface area contributed by atoms with Gasteiger partial charge in [-0.2, -0.15) is 0 Å². The summed E-state index contributed by atoms with van der Waals surface area (Å²) in [6, 6.07) is 5.65. The van der Waals surface area contributed by atoms with Crippen molar-refractivity contribution >= 4 is 39.1 Å². The largest absolute Gasteiger partial charge is 0.327 e. The average molecular weight is 361 g/mol. The van der Waals surface area contributed by atoms with Gasteiger partial charge in [0.25, 0.3) is 0 Å². The first-order valence-corrected chi connectivity index (χ1v) is 7.85. The van der Waals surface area contributed by atoms with E-state index in [1.807, 2.05) is 6.07 Å². The van der Waals surface area contributed by atoms with Crippen LogP contribution >= 0.6 is 27.5 Å². The van der Waals surface area contributed by atoms with Crippen LogP contribution in [0.5, 0.6) is 0 Å². The molecule has 2 unspecified atom stereocenters. The first-order chi connectivity index (χ1) is 9.45. The highest BCUT2D eigenvalue weighted by Gasteiger charge is 2.24. The van der Waals surface area contributed by atoms with E-state index in [-0.39, 0.29) is 11.9 Å². The van der Waals surface area contributed by atoms with Crippen LogP contribution in [0.4, 0.5) is 5.69 Å². The summed E-state index contributed by atoms with van der Waals surface area (Å²) in [6.45, 7) is 4.24. The van der Waals surface area contributed by atoms with Crippen molar-refractivity contribution in [3.05, 3.63) is 27.7 Å². The first kappa shape index (κ1) is 15.8. The van der Waals surface area contributed by atoms with Crippen LogP contribution in [-0.4, -0.2) is 36.5 Å². The number of amides is 1. The van der Waals surface area contributed by atoms with E-state index in [9.17, 15) is 4.79 Å².